The highest BCUT2D eigenvalue weighted by molar-refractivity contribution is 5.98. The van der Waals surface area contributed by atoms with Gasteiger partial charge in [-0.3, -0.25) is 4.79 Å². The van der Waals surface area contributed by atoms with Gasteiger partial charge in [0.15, 0.2) is 0 Å². The topological polar surface area (TPSA) is 120 Å². The van der Waals surface area contributed by atoms with Gasteiger partial charge >= 0.3 is 0 Å². The van der Waals surface area contributed by atoms with Gasteiger partial charge in [-0.05, 0) is 67.6 Å². The van der Waals surface area contributed by atoms with Crippen LogP contribution in [0.1, 0.15) is 35.3 Å². The van der Waals surface area contributed by atoms with Crippen LogP contribution in [0.25, 0.3) is 11.1 Å². The van der Waals surface area contributed by atoms with Crippen LogP contribution in [0.4, 0.5) is 0 Å². The zero-order valence-electron chi connectivity index (χ0n) is 19.0. The van der Waals surface area contributed by atoms with Gasteiger partial charge in [0.2, 0.25) is 6.29 Å². The minimum absolute atomic E-state index is 0.0485. The highest BCUT2D eigenvalue weighted by Gasteiger charge is 2.44. The van der Waals surface area contributed by atoms with Gasteiger partial charge < -0.3 is 34.8 Å². The quantitative estimate of drug-likeness (QED) is 0.533. The van der Waals surface area contributed by atoms with Crippen LogP contribution < -0.4 is 4.74 Å². The molecule has 1 saturated heterocycles. The maximum Gasteiger partial charge on any atom is 0.254 e. The van der Waals surface area contributed by atoms with Crippen molar-refractivity contribution in [3.05, 3.63) is 53.1 Å². The first-order valence-electron chi connectivity index (χ1n) is 11.2. The Morgan fingerprint density at radius 1 is 1.06 bits per heavy atom. The van der Waals surface area contributed by atoms with E-state index in [0.29, 0.717) is 5.75 Å². The van der Waals surface area contributed by atoms with Crippen LogP contribution in [0.15, 0.2) is 36.4 Å². The summed E-state index contributed by atoms with van der Waals surface area (Å²) in [4.78, 5) is 14.8. The van der Waals surface area contributed by atoms with E-state index < -0.39 is 37.3 Å². The predicted octanol–water partition coefficient (Wildman–Crippen LogP) is 1.25. The molecule has 0 spiro atoms. The molecule has 1 amide bonds. The molecule has 2 aliphatic heterocycles. The molecule has 1 fully saturated rings. The van der Waals surface area contributed by atoms with E-state index in [-0.39, 0.29) is 11.9 Å². The van der Waals surface area contributed by atoms with Crippen molar-refractivity contribution in [1.29, 1.82) is 0 Å². The fourth-order valence-corrected chi connectivity index (χ4v) is 4.41. The molecule has 4 N–H and O–H groups in total. The Kier molecular flexibility index (Phi) is 6.74. The third kappa shape index (κ3) is 4.49. The van der Waals surface area contributed by atoms with E-state index >= 15 is 0 Å². The number of aliphatic hydroxyl groups is 4. The Morgan fingerprint density at radius 2 is 1.76 bits per heavy atom. The zero-order chi connectivity index (χ0) is 23.9. The normalized spacial score (nSPS) is 27.6. The van der Waals surface area contributed by atoms with E-state index in [1.54, 1.807) is 6.07 Å². The molecule has 2 aliphatic rings. The second-order valence-corrected chi connectivity index (χ2v) is 9.01. The van der Waals surface area contributed by atoms with Crippen molar-refractivity contribution in [1.82, 2.24) is 4.90 Å². The Balaban J connectivity index is 1.56. The molecule has 178 valence electrons. The number of nitrogens with zero attached hydrogens (tertiary/aromatic N) is 1. The van der Waals surface area contributed by atoms with E-state index in [4.69, 9.17) is 9.47 Å². The van der Waals surface area contributed by atoms with Crippen LogP contribution in [0.5, 0.6) is 5.75 Å². The molecule has 4 rings (SSSR count). The summed E-state index contributed by atoms with van der Waals surface area (Å²) in [6.07, 6.45) is -5.85. The lowest BCUT2D eigenvalue weighted by Crippen LogP contribution is -2.60. The van der Waals surface area contributed by atoms with Crippen molar-refractivity contribution in [2.24, 2.45) is 0 Å². The lowest BCUT2D eigenvalue weighted by atomic mass is 9.93. The van der Waals surface area contributed by atoms with Gasteiger partial charge in [0.05, 0.1) is 6.61 Å². The molecule has 8 heteroatoms. The van der Waals surface area contributed by atoms with Crippen LogP contribution in [0, 0.1) is 6.92 Å². The lowest BCUT2D eigenvalue weighted by molar-refractivity contribution is -0.277. The van der Waals surface area contributed by atoms with Gasteiger partial charge in [0.25, 0.3) is 5.91 Å². The van der Waals surface area contributed by atoms with E-state index in [0.717, 1.165) is 40.8 Å². The Morgan fingerprint density at radius 3 is 2.42 bits per heavy atom. The number of benzene rings is 2. The number of carbonyl (C=O) groups excluding carboxylic acids is 1. The van der Waals surface area contributed by atoms with Crippen molar-refractivity contribution in [3.8, 4) is 16.9 Å². The number of rotatable bonds is 5. The van der Waals surface area contributed by atoms with Crippen LogP contribution in [0.2, 0.25) is 0 Å². The molecule has 0 unspecified atom stereocenters. The summed E-state index contributed by atoms with van der Waals surface area (Å²) in [5, 5.41) is 39.5. The largest absolute Gasteiger partial charge is 0.462 e. The number of carbonyl (C=O) groups is 1. The summed E-state index contributed by atoms with van der Waals surface area (Å²) in [5.74, 6) is 0.482. The Hall–Kier alpha value is -2.49. The number of aliphatic hydroxyl groups excluding tert-OH is 4. The molecule has 2 aromatic carbocycles. The van der Waals surface area contributed by atoms with Gasteiger partial charge in [0.1, 0.15) is 30.2 Å². The van der Waals surface area contributed by atoms with E-state index in [9.17, 15) is 25.2 Å². The zero-order valence-corrected chi connectivity index (χ0v) is 19.0. The number of aryl methyl sites for hydroxylation is 1. The average molecular weight is 458 g/mol. The molecule has 0 aliphatic carbocycles. The van der Waals surface area contributed by atoms with Crippen molar-refractivity contribution in [2.45, 2.75) is 63.9 Å². The first-order valence-corrected chi connectivity index (χ1v) is 11.2. The molecular weight excluding hydrogens is 426 g/mol. The van der Waals surface area contributed by atoms with E-state index in [2.05, 4.69) is 0 Å². The molecule has 2 heterocycles. The number of ether oxygens (including phenoxy) is 2. The second kappa shape index (κ2) is 9.40. The van der Waals surface area contributed by atoms with Gasteiger partial charge in [-0.1, -0.05) is 18.2 Å². The summed E-state index contributed by atoms with van der Waals surface area (Å²) in [7, 11) is 0. The summed E-state index contributed by atoms with van der Waals surface area (Å²) in [6.45, 7) is 6.08. The number of amides is 1. The highest BCUT2D eigenvalue weighted by atomic mass is 16.7. The molecule has 2 aromatic rings. The minimum atomic E-state index is -1.50. The van der Waals surface area contributed by atoms with Crippen molar-refractivity contribution < 1.29 is 34.7 Å². The number of hydrogen-bond donors (Lipinski definition) is 4. The third-order valence-electron chi connectivity index (χ3n) is 6.45. The van der Waals surface area contributed by atoms with Gasteiger partial charge in [-0.15, -0.1) is 0 Å². The number of fused-ring (bicyclic) bond motifs is 1. The maximum atomic E-state index is 12.9. The van der Waals surface area contributed by atoms with Gasteiger partial charge in [0, 0.05) is 18.2 Å². The van der Waals surface area contributed by atoms with Crippen LogP contribution >= 0.6 is 0 Å². The SMILES string of the molecule is Cc1cc(-c2ccc3c(c2)C(=O)N(C(C)C)CC3)ccc1O[C@H]1O[C@H](CO)[C@@H](O)[C@H](O)[C@@H]1O. The van der Waals surface area contributed by atoms with Crippen molar-refractivity contribution >= 4 is 5.91 Å². The molecule has 0 aromatic heterocycles. The minimum Gasteiger partial charge on any atom is -0.462 e. The van der Waals surface area contributed by atoms with Crippen LogP contribution in [0.3, 0.4) is 0 Å². The van der Waals surface area contributed by atoms with Gasteiger partial charge in [-0.2, -0.15) is 0 Å². The monoisotopic (exact) mass is 457 g/mol. The molecular formula is C25H31NO7. The predicted molar refractivity (Wildman–Crippen MR) is 121 cm³/mol. The summed E-state index contributed by atoms with van der Waals surface area (Å²) >= 11 is 0. The summed E-state index contributed by atoms with van der Waals surface area (Å²) < 4.78 is 11.2. The van der Waals surface area contributed by atoms with Crippen LogP contribution in [-0.4, -0.2) is 81.1 Å². The standard InChI is InChI=1S/C25H31NO7/c1-13(2)26-9-8-15-4-5-17(11-18(15)24(26)31)16-6-7-19(14(3)10-16)32-25-23(30)22(29)21(28)20(12-27)33-25/h4-7,10-11,13,20-23,25,27-30H,8-9,12H2,1-3H3/t20-,21-,22+,23+,25+/m1/s1. The van der Waals surface area contributed by atoms with Crippen LogP contribution in [-0.2, 0) is 11.2 Å². The second-order valence-electron chi connectivity index (χ2n) is 9.01. The number of hydrogen-bond acceptors (Lipinski definition) is 7. The molecule has 5 atom stereocenters. The molecule has 8 nitrogen and oxygen atoms in total. The van der Waals surface area contributed by atoms with Gasteiger partial charge in [-0.25, -0.2) is 0 Å². The Bertz CT molecular complexity index is 1020. The smallest absolute Gasteiger partial charge is 0.254 e. The summed E-state index contributed by atoms with van der Waals surface area (Å²) in [5.41, 5.74) is 4.37. The molecule has 0 radical (unpaired) electrons. The third-order valence-corrected chi connectivity index (χ3v) is 6.45. The van der Waals surface area contributed by atoms with E-state index in [1.807, 2.05) is 56.0 Å². The molecule has 0 saturated carbocycles. The first kappa shape index (κ1) is 23.7. The van der Waals surface area contributed by atoms with Crippen molar-refractivity contribution in [2.75, 3.05) is 13.2 Å². The molecule has 0 bridgehead atoms. The maximum absolute atomic E-state index is 12.9. The van der Waals surface area contributed by atoms with E-state index in [1.165, 1.54) is 0 Å². The van der Waals surface area contributed by atoms with Crippen molar-refractivity contribution in [3.63, 3.8) is 0 Å². The highest BCUT2D eigenvalue weighted by Crippen LogP contribution is 2.32. The average Bonchev–Trinajstić information content (AvgIpc) is 2.80. The fourth-order valence-electron chi connectivity index (χ4n) is 4.41. The fraction of sp³-hybridized carbons (Fsp3) is 0.480. The lowest BCUT2D eigenvalue weighted by Gasteiger charge is -2.39. The first-order chi connectivity index (χ1) is 15.7. The molecule has 33 heavy (non-hydrogen) atoms. The Labute approximate surface area is 193 Å². The summed E-state index contributed by atoms with van der Waals surface area (Å²) in [6, 6.07) is 11.6.